The van der Waals surface area contributed by atoms with Crippen molar-refractivity contribution in [1.29, 1.82) is 0 Å². The number of hydrogen-bond acceptors (Lipinski definition) is 4. The van der Waals surface area contributed by atoms with Gasteiger partial charge in [0.15, 0.2) is 0 Å². The highest BCUT2D eigenvalue weighted by atomic mass is 19.4. The average molecular weight is 413 g/mol. The van der Waals surface area contributed by atoms with E-state index in [1.807, 2.05) is 0 Å². The predicted octanol–water partition coefficient (Wildman–Crippen LogP) is 2.02. The first-order valence-corrected chi connectivity index (χ1v) is 9.76. The Hall–Kier alpha value is -2.29. The van der Waals surface area contributed by atoms with E-state index >= 15 is 0 Å². The molecule has 3 rings (SSSR count). The first kappa shape index (κ1) is 21.4. The molecule has 1 saturated heterocycles. The minimum absolute atomic E-state index is 0.0956. The first-order valence-electron chi connectivity index (χ1n) is 9.76. The number of nitrogens with one attached hydrogen (secondary N) is 1. The molecule has 0 radical (unpaired) electrons. The Morgan fingerprint density at radius 1 is 1.24 bits per heavy atom. The van der Waals surface area contributed by atoms with Gasteiger partial charge in [-0.25, -0.2) is 0 Å². The van der Waals surface area contributed by atoms with Crippen LogP contribution in [0.5, 0.6) is 0 Å². The summed E-state index contributed by atoms with van der Waals surface area (Å²) in [6, 6.07) is 4.06. The van der Waals surface area contributed by atoms with Crippen molar-refractivity contribution in [2.45, 2.75) is 62.3 Å². The van der Waals surface area contributed by atoms with Crippen LogP contribution < -0.4 is 10.4 Å². The third kappa shape index (κ3) is 4.83. The molecular formula is C20H24F3N2O4-. The van der Waals surface area contributed by atoms with Gasteiger partial charge in [0.25, 0.3) is 0 Å². The third-order valence-electron chi connectivity index (χ3n) is 5.87. The highest BCUT2D eigenvalue weighted by Crippen LogP contribution is 2.42. The molecule has 1 unspecified atom stereocenters. The van der Waals surface area contributed by atoms with E-state index in [1.54, 1.807) is 0 Å². The topological polar surface area (TPSA) is 92.7 Å². The van der Waals surface area contributed by atoms with Gasteiger partial charge in [-0.05, 0) is 30.9 Å². The molecule has 2 fully saturated rings. The zero-order valence-corrected chi connectivity index (χ0v) is 15.9. The van der Waals surface area contributed by atoms with Crippen molar-refractivity contribution in [1.82, 2.24) is 10.2 Å². The van der Waals surface area contributed by atoms with Gasteiger partial charge in [-0.1, -0.05) is 37.5 Å². The molecule has 0 bridgehead atoms. The second kappa shape index (κ2) is 8.22. The van der Waals surface area contributed by atoms with Crippen molar-refractivity contribution < 1.29 is 33.0 Å². The van der Waals surface area contributed by atoms with Gasteiger partial charge in [0.1, 0.15) is 6.09 Å². The lowest BCUT2D eigenvalue weighted by atomic mass is 9.72. The Balaban J connectivity index is 1.92. The molecule has 1 aromatic carbocycles. The maximum absolute atomic E-state index is 13.3. The number of likely N-dealkylation sites (tertiary alicyclic amines) is 1. The number of carbonyl (C=O) groups is 2. The van der Waals surface area contributed by atoms with Crippen LogP contribution in [0.15, 0.2) is 24.3 Å². The van der Waals surface area contributed by atoms with Gasteiger partial charge >= 0.3 is 6.18 Å². The van der Waals surface area contributed by atoms with Crippen LogP contribution in [0.2, 0.25) is 0 Å². The fourth-order valence-electron chi connectivity index (χ4n) is 4.46. The van der Waals surface area contributed by atoms with Gasteiger partial charge in [-0.15, -0.1) is 0 Å². The molecule has 2 N–H and O–H groups in total. The Bertz CT molecular complexity index is 762. The van der Waals surface area contributed by atoms with E-state index in [2.05, 4.69) is 5.32 Å². The number of amides is 2. The van der Waals surface area contributed by atoms with Crippen LogP contribution in [0.4, 0.5) is 18.0 Å². The highest BCUT2D eigenvalue weighted by molar-refractivity contribution is 5.85. The fraction of sp³-hybridized carbons (Fsp3) is 0.600. The molecule has 0 aromatic heterocycles. The van der Waals surface area contributed by atoms with Crippen molar-refractivity contribution >= 4 is 12.0 Å². The van der Waals surface area contributed by atoms with E-state index in [0.717, 1.165) is 18.6 Å². The summed E-state index contributed by atoms with van der Waals surface area (Å²) in [5, 5.41) is 24.2. The molecule has 2 amide bonds. The van der Waals surface area contributed by atoms with E-state index in [0.29, 0.717) is 32.1 Å². The van der Waals surface area contributed by atoms with Crippen molar-refractivity contribution in [2.24, 2.45) is 0 Å². The number of alkyl halides is 3. The number of rotatable bonds is 4. The summed E-state index contributed by atoms with van der Waals surface area (Å²) in [7, 11) is 0. The van der Waals surface area contributed by atoms with Crippen molar-refractivity contribution in [3.05, 3.63) is 35.4 Å². The second-order valence-corrected chi connectivity index (χ2v) is 7.92. The van der Waals surface area contributed by atoms with E-state index < -0.39 is 41.3 Å². The fourth-order valence-corrected chi connectivity index (χ4v) is 4.46. The van der Waals surface area contributed by atoms with Crippen LogP contribution >= 0.6 is 0 Å². The summed E-state index contributed by atoms with van der Waals surface area (Å²) >= 11 is 0. The largest absolute Gasteiger partial charge is 0.530 e. The molecule has 2 atom stereocenters. The van der Waals surface area contributed by atoms with Crippen LogP contribution in [-0.4, -0.2) is 46.7 Å². The smallest absolute Gasteiger partial charge is 0.416 e. The monoisotopic (exact) mass is 413 g/mol. The van der Waals surface area contributed by atoms with Crippen molar-refractivity contribution in [3.63, 3.8) is 0 Å². The number of aliphatic hydroxyl groups is 1. The maximum atomic E-state index is 13.3. The molecule has 1 saturated carbocycles. The Morgan fingerprint density at radius 2 is 1.93 bits per heavy atom. The average Bonchev–Trinajstić information content (AvgIpc) is 3.09. The number of carbonyl (C=O) groups excluding carboxylic acids is 2. The van der Waals surface area contributed by atoms with E-state index in [-0.39, 0.29) is 18.7 Å². The molecular weight excluding hydrogens is 389 g/mol. The molecule has 160 valence electrons. The second-order valence-electron chi connectivity index (χ2n) is 7.92. The summed E-state index contributed by atoms with van der Waals surface area (Å²) in [6.07, 6.45) is -2.69. The lowest BCUT2D eigenvalue weighted by Crippen LogP contribution is -2.49. The lowest BCUT2D eigenvalue weighted by molar-refractivity contribution is -0.251. The van der Waals surface area contributed by atoms with Crippen molar-refractivity contribution in [2.75, 3.05) is 13.1 Å². The number of hydrogen-bond donors (Lipinski definition) is 2. The number of carboxylic acid groups (broad SMARTS) is 1. The molecule has 1 aliphatic heterocycles. The van der Waals surface area contributed by atoms with Crippen LogP contribution in [0.1, 0.15) is 55.6 Å². The summed E-state index contributed by atoms with van der Waals surface area (Å²) in [5.41, 5.74) is -2.17. The van der Waals surface area contributed by atoms with Crippen LogP contribution in [-0.2, 0) is 11.0 Å². The van der Waals surface area contributed by atoms with Gasteiger partial charge < -0.3 is 25.2 Å². The standard InChI is InChI=1S/C20H25F3N2O4/c21-20(22,23)14-6-4-5-13(11-14)16(19(29)8-2-1-3-9-19)17(26)25-10-7-15(12-25)24-18(27)28/h4-6,11,15-16,24,29H,1-3,7-10,12H2,(H,27,28)/p-1/t15-,16?/m0/s1. The zero-order chi connectivity index (χ0) is 21.2. The first-order chi connectivity index (χ1) is 13.6. The van der Waals surface area contributed by atoms with Crippen LogP contribution in [0, 0.1) is 0 Å². The third-order valence-corrected chi connectivity index (χ3v) is 5.87. The van der Waals surface area contributed by atoms with E-state index in [1.165, 1.54) is 17.0 Å². The molecule has 1 aliphatic carbocycles. The number of benzene rings is 1. The quantitative estimate of drug-likeness (QED) is 0.790. The van der Waals surface area contributed by atoms with Gasteiger partial charge in [-0.2, -0.15) is 13.2 Å². The minimum Gasteiger partial charge on any atom is -0.530 e. The van der Waals surface area contributed by atoms with Gasteiger partial charge in [-0.3, -0.25) is 4.79 Å². The Kier molecular flexibility index (Phi) is 6.07. The molecule has 29 heavy (non-hydrogen) atoms. The van der Waals surface area contributed by atoms with Crippen molar-refractivity contribution in [3.8, 4) is 0 Å². The number of halogens is 3. The zero-order valence-electron chi connectivity index (χ0n) is 15.9. The number of nitrogens with zero attached hydrogens (tertiary/aromatic N) is 1. The SMILES string of the molecule is O=C([O-])N[C@H]1CCN(C(=O)C(c2cccc(C(F)(F)F)c2)C2(O)CCCCC2)C1. The lowest BCUT2D eigenvalue weighted by Gasteiger charge is -2.40. The Morgan fingerprint density at radius 3 is 2.55 bits per heavy atom. The summed E-state index contributed by atoms with van der Waals surface area (Å²) < 4.78 is 39.6. The molecule has 0 spiro atoms. The minimum atomic E-state index is -4.56. The molecule has 1 aromatic rings. The summed E-state index contributed by atoms with van der Waals surface area (Å²) in [6.45, 7) is 0.355. The molecule has 2 aliphatic rings. The molecule has 1 heterocycles. The van der Waals surface area contributed by atoms with Crippen LogP contribution in [0.3, 0.4) is 0 Å². The maximum Gasteiger partial charge on any atom is 0.416 e. The highest BCUT2D eigenvalue weighted by Gasteiger charge is 2.46. The predicted molar refractivity (Wildman–Crippen MR) is 95.7 cm³/mol. The summed E-state index contributed by atoms with van der Waals surface area (Å²) in [5.74, 6) is -1.61. The molecule has 9 heteroatoms. The van der Waals surface area contributed by atoms with E-state index in [9.17, 15) is 33.0 Å². The van der Waals surface area contributed by atoms with Gasteiger partial charge in [0, 0.05) is 19.1 Å². The normalized spacial score (nSPS) is 22.9. The van der Waals surface area contributed by atoms with E-state index in [4.69, 9.17) is 0 Å². The van der Waals surface area contributed by atoms with Gasteiger partial charge in [0.2, 0.25) is 5.91 Å². The summed E-state index contributed by atoms with van der Waals surface area (Å²) in [4.78, 5) is 25.5. The Labute approximate surface area is 166 Å². The van der Waals surface area contributed by atoms with Gasteiger partial charge in [0.05, 0.1) is 17.1 Å². The van der Waals surface area contributed by atoms with Crippen LogP contribution in [0.25, 0.3) is 0 Å². The molecule has 6 nitrogen and oxygen atoms in total.